The summed E-state index contributed by atoms with van der Waals surface area (Å²) >= 11 is 0. The first-order valence-electron chi connectivity index (χ1n) is 9.10. The molecule has 0 radical (unpaired) electrons. The van der Waals surface area contributed by atoms with E-state index in [2.05, 4.69) is 16.9 Å². The molecule has 1 aliphatic carbocycles. The molecule has 0 bridgehead atoms. The minimum Gasteiger partial charge on any atom is -0.342 e. The van der Waals surface area contributed by atoms with Crippen LogP contribution in [0.15, 0.2) is 12.4 Å². The summed E-state index contributed by atoms with van der Waals surface area (Å²) in [5.41, 5.74) is 0.800. The Kier molecular flexibility index (Phi) is 3.90. The van der Waals surface area contributed by atoms with Gasteiger partial charge in [-0.15, -0.1) is 0 Å². The molecule has 3 heterocycles. The molecule has 4 rings (SSSR count). The number of nitrogens with zero attached hydrogens (tertiary/aromatic N) is 4. The second-order valence-electron chi connectivity index (χ2n) is 8.18. The van der Waals surface area contributed by atoms with Gasteiger partial charge < -0.3 is 4.90 Å². The SMILES string of the molecule is C[C@@H]1C[C@@H]1C(=O)N1CC[C@@H](F)[C@]2(CCN(Cc3cnn(C)c3)C2)C1. The molecule has 1 amide bonds. The molecule has 3 aliphatic rings. The molecule has 2 saturated heterocycles. The van der Waals surface area contributed by atoms with E-state index in [1.54, 1.807) is 4.68 Å². The number of aryl methyl sites for hydroxylation is 1. The molecule has 2 aliphatic heterocycles. The van der Waals surface area contributed by atoms with Crippen LogP contribution < -0.4 is 0 Å². The molecule has 132 valence electrons. The molecule has 4 atom stereocenters. The summed E-state index contributed by atoms with van der Waals surface area (Å²) < 4.78 is 16.6. The Labute approximate surface area is 142 Å². The number of hydrogen-bond donors (Lipinski definition) is 0. The predicted molar refractivity (Wildman–Crippen MR) is 88.9 cm³/mol. The lowest BCUT2D eigenvalue weighted by atomic mass is 9.77. The van der Waals surface area contributed by atoms with Crippen molar-refractivity contribution in [3.63, 3.8) is 0 Å². The van der Waals surface area contributed by atoms with E-state index in [1.807, 2.05) is 24.3 Å². The maximum atomic E-state index is 14.8. The summed E-state index contributed by atoms with van der Waals surface area (Å²) in [6, 6.07) is 0. The highest BCUT2D eigenvalue weighted by atomic mass is 19.1. The highest BCUT2D eigenvalue weighted by molar-refractivity contribution is 5.81. The summed E-state index contributed by atoms with van der Waals surface area (Å²) in [7, 11) is 1.91. The van der Waals surface area contributed by atoms with Gasteiger partial charge in [0.2, 0.25) is 5.91 Å². The second-order valence-corrected chi connectivity index (χ2v) is 8.18. The van der Waals surface area contributed by atoms with E-state index in [1.165, 1.54) is 5.56 Å². The van der Waals surface area contributed by atoms with Crippen molar-refractivity contribution in [1.29, 1.82) is 0 Å². The van der Waals surface area contributed by atoms with Gasteiger partial charge in [-0.3, -0.25) is 14.4 Å². The zero-order chi connectivity index (χ0) is 16.9. The molecule has 6 heteroatoms. The summed E-state index contributed by atoms with van der Waals surface area (Å²) in [5, 5.41) is 4.21. The predicted octanol–water partition coefficient (Wildman–Crippen LogP) is 1.84. The van der Waals surface area contributed by atoms with Crippen LogP contribution in [0.4, 0.5) is 4.39 Å². The van der Waals surface area contributed by atoms with Crippen molar-refractivity contribution in [3.8, 4) is 0 Å². The average molecular weight is 334 g/mol. The van der Waals surface area contributed by atoms with E-state index in [0.29, 0.717) is 25.4 Å². The second kappa shape index (κ2) is 5.83. The van der Waals surface area contributed by atoms with Crippen molar-refractivity contribution in [2.24, 2.45) is 24.3 Å². The van der Waals surface area contributed by atoms with E-state index in [9.17, 15) is 9.18 Å². The largest absolute Gasteiger partial charge is 0.342 e. The Morgan fingerprint density at radius 3 is 2.88 bits per heavy atom. The van der Waals surface area contributed by atoms with Gasteiger partial charge in [-0.1, -0.05) is 6.92 Å². The molecule has 3 fully saturated rings. The number of piperidine rings is 1. The number of likely N-dealkylation sites (tertiary alicyclic amines) is 2. The molecule has 0 aromatic carbocycles. The van der Waals surface area contributed by atoms with Crippen LogP contribution in [-0.4, -0.2) is 57.8 Å². The summed E-state index contributed by atoms with van der Waals surface area (Å²) in [6.07, 6.45) is 5.45. The van der Waals surface area contributed by atoms with Gasteiger partial charge in [0.05, 0.1) is 6.20 Å². The zero-order valence-electron chi connectivity index (χ0n) is 14.6. The van der Waals surface area contributed by atoms with Gasteiger partial charge in [0.25, 0.3) is 0 Å². The fraction of sp³-hybridized carbons (Fsp3) is 0.778. The molecule has 1 saturated carbocycles. The minimum absolute atomic E-state index is 0.200. The first kappa shape index (κ1) is 16.1. The lowest BCUT2D eigenvalue weighted by Crippen LogP contribution is -2.53. The molecule has 0 unspecified atom stereocenters. The topological polar surface area (TPSA) is 41.4 Å². The van der Waals surface area contributed by atoms with E-state index >= 15 is 0 Å². The molecular formula is C18H27FN4O. The van der Waals surface area contributed by atoms with Crippen LogP contribution in [0.25, 0.3) is 0 Å². The Hall–Kier alpha value is -1.43. The molecule has 1 aromatic heterocycles. The van der Waals surface area contributed by atoms with Gasteiger partial charge in [0.15, 0.2) is 0 Å². The fourth-order valence-corrected chi connectivity index (χ4v) is 4.54. The van der Waals surface area contributed by atoms with Crippen molar-refractivity contribution < 1.29 is 9.18 Å². The number of amides is 1. The molecule has 0 N–H and O–H groups in total. The van der Waals surface area contributed by atoms with E-state index < -0.39 is 6.17 Å². The van der Waals surface area contributed by atoms with Crippen LogP contribution in [0.2, 0.25) is 0 Å². The van der Waals surface area contributed by atoms with Crippen LogP contribution in [0, 0.1) is 17.3 Å². The smallest absolute Gasteiger partial charge is 0.225 e. The monoisotopic (exact) mass is 334 g/mol. The Morgan fingerprint density at radius 1 is 1.42 bits per heavy atom. The van der Waals surface area contributed by atoms with Gasteiger partial charge >= 0.3 is 0 Å². The number of rotatable bonds is 3. The van der Waals surface area contributed by atoms with Crippen LogP contribution >= 0.6 is 0 Å². The third-order valence-corrected chi connectivity index (χ3v) is 6.19. The quantitative estimate of drug-likeness (QED) is 0.847. The third-order valence-electron chi connectivity index (χ3n) is 6.19. The van der Waals surface area contributed by atoms with Crippen molar-refractivity contribution in [2.75, 3.05) is 26.2 Å². The Bertz CT molecular complexity index is 632. The van der Waals surface area contributed by atoms with Gasteiger partial charge in [0, 0.05) is 56.3 Å². The Morgan fingerprint density at radius 2 is 2.21 bits per heavy atom. The van der Waals surface area contributed by atoms with E-state index in [0.717, 1.165) is 32.5 Å². The highest BCUT2D eigenvalue weighted by Gasteiger charge is 2.51. The van der Waals surface area contributed by atoms with Crippen molar-refractivity contribution in [2.45, 2.75) is 38.9 Å². The summed E-state index contributed by atoms with van der Waals surface area (Å²) in [5.74, 6) is 0.979. The molecule has 1 aromatic rings. The van der Waals surface area contributed by atoms with Crippen LogP contribution in [-0.2, 0) is 18.4 Å². The highest BCUT2D eigenvalue weighted by Crippen LogP contribution is 2.44. The van der Waals surface area contributed by atoms with E-state index in [-0.39, 0.29) is 17.2 Å². The lowest BCUT2D eigenvalue weighted by Gasteiger charge is -2.43. The van der Waals surface area contributed by atoms with Crippen LogP contribution in [0.3, 0.4) is 0 Å². The third kappa shape index (κ3) is 2.85. The van der Waals surface area contributed by atoms with Crippen molar-refractivity contribution in [3.05, 3.63) is 18.0 Å². The van der Waals surface area contributed by atoms with Gasteiger partial charge in [-0.05, 0) is 31.7 Å². The Balaban J connectivity index is 1.42. The minimum atomic E-state index is -0.794. The van der Waals surface area contributed by atoms with Gasteiger partial charge in [-0.25, -0.2) is 4.39 Å². The average Bonchev–Trinajstić information content (AvgIpc) is 2.94. The van der Waals surface area contributed by atoms with Crippen LogP contribution in [0.5, 0.6) is 0 Å². The van der Waals surface area contributed by atoms with Crippen molar-refractivity contribution in [1.82, 2.24) is 19.6 Å². The summed E-state index contributed by atoms with van der Waals surface area (Å²) in [4.78, 5) is 16.8. The number of hydrogen-bond acceptors (Lipinski definition) is 3. The van der Waals surface area contributed by atoms with Gasteiger partial charge in [0.1, 0.15) is 6.17 Å². The molecule has 1 spiro atoms. The lowest BCUT2D eigenvalue weighted by molar-refractivity contribution is -0.138. The van der Waals surface area contributed by atoms with Gasteiger partial charge in [-0.2, -0.15) is 5.10 Å². The molecule has 24 heavy (non-hydrogen) atoms. The maximum absolute atomic E-state index is 14.8. The van der Waals surface area contributed by atoms with Crippen molar-refractivity contribution >= 4 is 5.91 Å². The number of aromatic nitrogens is 2. The van der Waals surface area contributed by atoms with Crippen LogP contribution in [0.1, 0.15) is 31.7 Å². The van der Waals surface area contributed by atoms with E-state index in [4.69, 9.17) is 0 Å². The number of carbonyl (C=O) groups excluding carboxylic acids is 1. The number of alkyl halides is 1. The zero-order valence-corrected chi connectivity index (χ0v) is 14.6. The molecular weight excluding hydrogens is 307 g/mol. The maximum Gasteiger partial charge on any atom is 0.225 e. The first-order chi connectivity index (χ1) is 11.5. The molecule has 5 nitrogen and oxygen atoms in total. The fourth-order valence-electron chi connectivity index (χ4n) is 4.54. The standard InChI is InChI=1S/C18H27FN4O/c1-13-7-15(13)17(24)23-5-3-16(19)18(12-23)4-6-22(11-18)10-14-8-20-21(2)9-14/h8-9,13,15-16H,3-7,10-12H2,1-2H3/t13-,15+,16-,18+/m1/s1. The normalized spacial score (nSPS) is 36.5. The summed E-state index contributed by atoms with van der Waals surface area (Å²) in [6.45, 7) is 5.78. The number of halogens is 1. The number of carbonyl (C=O) groups is 1. The first-order valence-corrected chi connectivity index (χ1v) is 9.10.